The molecule has 0 spiro atoms. The van der Waals surface area contributed by atoms with Crippen molar-refractivity contribution in [1.82, 2.24) is 0 Å². The molecule has 0 unspecified atom stereocenters. The van der Waals surface area contributed by atoms with Crippen molar-refractivity contribution in [3.63, 3.8) is 0 Å². The number of benzene rings is 2. The molecule has 0 saturated heterocycles. The second-order valence-corrected chi connectivity index (χ2v) is 4.53. The van der Waals surface area contributed by atoms with Gasteiger partial charge in [-0.2, -0.15) is 0 Å². The summed E-state index contributed by atoms with van der Waals surface area (Å²) in [5.41, 5.74) is 5.40. The predicted octanol–water partition coefficient (Wildman–Crippen LogP) is 3.13. The topological polar surface area (TPSA) is 81.4 Å². The SMILES string of the molecule is CCOC(=O)CC(=O)Nc1ccccc1F.Nc1ccccc1F. The van der Waals surface area contributed by atoms with Crippen molar-refractivity contribution in [3.8, 4) is 0 Å². The van der Waals surface area contributed by atoms with Gasteiger partial charge in [0.05, 0.1) is 18.0 Å². The number of nitrogens with one attached hydrogen (secondary N) is 1. The summed E-state index contributed by atoms with van der Waals surface area (Å²) < 4.78 is 29.9. The van der Waals surface area contributed by atoms with E-state index in [0.29, 0.717) is 0 Å². The van der Waals surface area contributed by atoms with E-state index in [1.54, 1.807) is 25.1 Å². The molecule has 7 heteroatoms. The summed E-state index contributed by atoms with van der Waals surface area (Å²) in [6.45, 7) is 1.86. The lowest BCUT2D eigenvalue weighted by atomic mass is 10.3. The maximum absolute atomic E-state index is 13.1. The molecule has 0 saturated carbocycles. The Morgan fingerprint density at radius 3 is 2.12 bits per heavy atom. The first-order chi connectivity index (χ1) is 11.4. The Hall–Kier alpha value is -2.96. The molecule has 0 atom stereocenters. The number of nitrogen functional groups attached to an aromatic ring is 1. The molecule has 0 aliphatic carbocycles. The van der Waals surface area contributed by atoms with Crippen LogP contribution in [0.4, 0.5) is 20.2 Å². The molecule has 2 rings (SSSR count). The summed E-state index contributed by atoms with van der Waals surface area (Å²) in [7, 11) is 0. The second-order valence-electron chi connectivity index (χ2n) is 4.53. The molecule has 1 amide bonds. The van der Waals surface area contributed by atoms with Crippen LogP contribution in [0.3, 0.4) is 0 Å². The molecule has 24 heavy (non-hydrogen) atoms. The largest absolute Gasteiger partial charge is 0.466 e. The number of amides is 1. The summed E-state index contributed by atoms with van der Waals surface area (Å²) in [6, 6.07) is 11.9. The Morgan fingerprint density at radius 1 is 1.04 bits per heavy atom. The van der Waals surface area contributed by atoms with Crippen LogP contribution >= 0.6 is 0 Å². The van der Waals surface area contributed by atoms with Gasteiger partial charge in [-0.05, 0) is 31.2 Å². The summed E-state index contributed by atoms with van der Waals surface area (Å²) in [5, 5.41) is 2.28. The highest BCUT2D eigenvalue weighted by Gasteiger charge is 2.11. The lowest BCUT2D eigenvalue weighted by Crippen LogP contribution is -2.18. The fraction of sp³-hybridized carbons (Fsp3) is 0.176. The van der Waals surface area contributed by atoms with E-state index in [9.17, 15) is 18.4 Å². The van der Waals surface area contributed by atoms with Crippen LogP contribution in [-0.2, 0) is 14.3 Å². The highest BCUT2D eigenvalue weighted by Crippen LogP contribution is 2.12. The number of rotatable bonds is 4. The Kier molecular flexibility index (Phi) is 7.90. The third-order valence-electron chi connectivity index (χ3n) is 2.66. The van der Waals surface area contributed by atoms with Gasteiger partial charge in [0.2, 0.25) is 5.91 Å². The molecule has 5 nitrogen and oxygen atoms in total. The summed E-state index contributed by atoms with van der Waals surface area (Å²) >= 11 is 0. The molecular formula is C17H18F2N2O3. The molecule has 2 aromatic rings. The van der Waals surface area contributed by atoms with Crippen LogP contribution in [0.2, 0.25) is 0 Å². The van der Waals surface area contributed by atoms with Gasteiger partial charge in [-0.25, -0.2) is 8.78 Å². The predicted molar refractivity (Wildman–Crippen MR) is 87.1 cm³/mol. The van der Waals surface area contributed by atoms with Crippen molar-refractivity contribution in [2.45, 2.75) is 13.3 Å². The second kappa shape index (κ2) is 9.94. The standard InChI is InChI=1S/C11H12FNO3.C6H6FN/c1-2-16-11(15)7-10(14)13-9-6-4-3-5-8(9)12;7-5-3-1-2-4-6(5)8/h3-6H,2,7H2,1H3,(H,13,14);1-4H,8H2. The van der Waals surface area contributed by atoms with Crippen LogP contribution in [0.5, 0.6) is 0 Å². The smallest absolute Gasteiger partial charge is 0.315 e. The molecule has 0 aromatic heterocycles. The number of para-hydroxylation sites is 2. The van der Waals surface area contributed by atoms with Crippen molar-refractivity contribution in [2.24, 2.45) is 0 Å². The zero-order valence-electron chi connectivity index (χ0n) is 13.1. The normalized spacial score (nSPS) is 9.46. The first-order valence-electron chi connectivity index (χ1n) is 7.14. The number of nitrogens with two attached hydrogens (primary N) is 1. The van der Waals surface area contributed by atoms with Gasteiger partial charge < -0.3 is 15.8 Å². The lowest BCUT2D eigenvalue weighted by Gasteiger charge is -2.05. The third kappa shape index (κ3) is 6.87. The minimum Gasteiger partial charge on any atom is -0.466 e. The average molecular weight is 336 g/mol. The van der Waals surface area contributed by atoms with Crippen molar-refractivity contribution < 1.29 is 23.1 Å². The molecule has 0 aliphatic rings. The van der Waals surface area contributed by atoms with E-state index < -0.39 is 24.1 Å². The van der Waals surface area contributed by atoms with Crippen LogP contribution < -0.4 is 11.1 Å². The number of carbonyl (C=O) groups excluding carboxylic acids is 2. The fourth-order valence-electron chi connectivity index (χ4n) is 1.58. The number of halogens is 2. The van der Waals surface area contributed by atoms with E-state index in [1.807, 2.05) is 0 Å². The number of hydrogen-bond donors (Lipinski definition) is 2. The van der Waals surface area contributed by atoms with E-state index in [2.05, 4.69) is 10.1 Å². The highest BCUT2D eigenvalue weighted by atomic mass is 19.1. The van der Waals surface area contributed by atoms with Gasteiger partial charge in [0.1, 0.15) is 18.1 Å². The van der Waals surface area contributed by atoms with Gasteiger partial charge in [-0.1, -0.05) is 24.3 Å². The van der Waals surface area contributed by atoms with E-state index >= 15 is 0 Å². The number of anilines is 2. The Labute approximate surface area is 138 Å². The molecule has 2 aromatic carbocycles. The van der Waals surface area contributed by atoms with Gasteiger partial charge in [0, 0.05) is 0 Å². The summed E-state index contributed by atoms with van der Waals surface area (Å²) in [5.74, 6) is -2.12. The molecule has 0 aliphatic heterocycles. The van der Waals surface area contributed by atoms with Gasteiger partial charge >= 0.3 is 5.97 Å². The third-order valence-corrected chi connectivity index (χ3v) is 2.66. The van der Waals surface area contributed by atoms with Crippen molar-refractivity contribution >= 4 is 23.3 Å². The first-order valence-corrected chi connectivity index (χ1v) is 7.14. The quantitative estimate of drug-likeness (QED) is 0.511. The van der Waals surface area contributed by atoms with E-state index in [1.165, 1.54) is 30.3 Å². The van der Waals surface area contributed by atoms with Gasteiger partial charge in [-0.15, -0.1) is 0 Å². The zero-order chi connectivity index (χ0) is 17.9. The minimum absolute atomic E-state index is 0.0526. The minimum atomic E-state index is -0.628. The molecule has 0 radical (unpaired) electrons. The zero-order valence-corrected chi connectivity index (χ0v) is 13.1. The van der Waals surface area contributed by atoms with Crippen molar-refractivity contribution in [1.29, 1.82) is 0 Å². The Balaban J connectivity index is 0.000000300. The van der Waals surface area contributed by atoms with Crippen molar-refractivity contribution in [3.05, 3.63) is 60.2 Å². The van der Waals surface area contributed by atoms with E-state index in [-0.39, 0.29) is 23.8 Å². The fourth-order valence-corrected chi connectivity index (χ4v) is 1.58. The number of ether oxygens (including phenoxy) is 1. The van der Waals surface area contributed by atoms with Crippen LogP contribution in [0.25, 0.3) is 0 Å². The maximum Gasteiger partial charge on any atom is 0.315 e. The van der Waals surface area contributed by atoms with E-state index in [4.69, 9.17) is 5.73 Å². The van der Waals surface area contributed by atoms with E-state index in [0.717, 1.165) is 0 Å². The molecule has 0 heterocycles. The van der Waals surface area contributed by atoms with Gasteiger partial charge in [0.15, 0.2) is 0 Å². The van der Waals surface area contributed by atoms with Crippen LogP contribution in [0, 0.1) is 11.6 Å². The highest BCUT2D eigenvalue weighted by molar-refractivity contribution is 6.01. The summed E-state index contributed by atoms with van der Waals surface area (Å²) in [6.07, 6.45) is -0.415. The number of carbonyl (C=O) groups is 2. The monoisotopic (exact) mass is 336 g/mol. The average Bonchev–Trinajstić information content (AvgIpc) is 2.53. The summed E-state index contributed by atoms with van der Waals surface area (Å²) in [4.78, 5) is 22.2. The van der Waals surface area contributed by atoms with Gasteiger partial charge in [0.25, 0.3) is 0 Å². The number of hydrogen-bond acceptors (Lipinski definition) is 4. The van der Waals surface area contributed by atoms with Crippen molar-refractivity contribution in [2.75, 3.05) is 17.7 Å². The molecule has 128 valence electrons. The maximum atomic E-state index is 13.1. The van der Waals surface area contributed by atoms with Crippen LogP contribution in [0.15, 0.2) is 48.5 Å². The van der Waals surface area contributed by atoms with Crippen LogP contribution in [0.1, 0.15) is 13.3 Å². The molecule has 3 N–H and O–H groups in total. The molecule has 0 fully saturated rings. The molecule has 0 bridgehead atoms. The molecular weight excluding hydrogens is 318 g/mol. The lowest BCUT2D eigenvalue weighted by molar-refractivity contribution is -0.145. The Morgan fingerprint density at radius 2 is 1.62 bits per heavy atom. The Bertz CT molecular complexity index is 672. The van der Waals surface area contributed by atoms with Gasteiger partial charge in [-0.3, -0.25) is 9.59 Å². The van der Waals surface area contributed by atoms with Crippen LogP contribution in [-0.4, -0.2) is 18.5 Å². The first kappa shape index (κ1) is 19.1. The number of esters is 1.